The highest BCUT2D eigenvalue weighted by molar-refractivity contribution is 9.10. The van der Waals surface area contributed by atoms with Crippen LogP contribution in [0.5, 0.6) is 0 Å². The molecule has 2 rings (SSSR count). The van der Waals surface area contributed by atoms with Crippen molar-refractivity contribution in [2.45, 2.75) is 38.6 Å². The van der Waals surface area contributed by atoms with Crippen LogP contribution in [-0.4, -0.2) is 17.6 Å². The van der Waals surface area contributed by atoms with E-state index < -0.39 is 0 Å². The van der Waals surface area contributed by atoms with Crippen LogP contribution < -0.4 is 5.32 Å². The first-order valence-electron chi connectivity index (χ1n) is 6.13. The second kappa shape index (κ2) is 5.78. The molecule has 1 aromatic heterocycles. The number of hydrogen-bond donors (Lipinski definition) is 1. The maximum Gasteiger partial charge on any atom is 0.0413 e. The maximum absolute atomic E-state index is 4.42. The highest BCUT2D eigenvalue weighted by atomic mass is 79.9. The minimum absolute atomic E-state index is 0.704. The van der Waals surface area contributed by atoms with Crippen LogP contribution in [0.25, 0.3) is 0 Å². The van der Waals surface area contributed by atoms with Crippen LogP contribution in [0.15, 0.2) is 22.8 Å². The Hall–Kier alpha value is -0.410. The van der Waals surface area contributed by atoms with Gasteiger partial charge in [-0.2, -0.15) is 0 Å². The first kappa shape index (κ1) is 12.1. The summed E-state index contributed by atoms with van der Waals surface area (Å²) in [6, 6.07) is 4.89. The van der Waals surface area contributed by atoms with E-state index in [4.69, 9.17) is 0 Å². The van der Waals surface area contributed by atoms with Gasteiger partial charge < -0.3 is 5.32 Å². The molecule has 16 heavy (non-hydrogen) atoms. The molecule has 0 radical (unpaired) electrons. The Morgan fingerprint density at radius 1 is 1.50 bits per heavy atom. The Balaban J connectivity index is 1.82. The predicted octanol–water partition coefficient (Wildman–Crippen LogP) is 3.16. The predicted molar refractivity (Wildman–Crippen MR) is 70.4 cm³/mol. The van der Waals surface area contributed by atoms with Gasteiger partial charge in [0.05, 0.1) is 0 Å². The average molecular weight is 283 g/mol. The summed E-state index contributed by atoms with van der Waals surface area (Å²) in [4.78, 5) is 4.42. The number of nitrogens with one attached hydrogen (secondary N) is 1. The van der Waals surface area contributed by atoms with Gasteiger partial charge in [-0.25, -0.2) is 0 Å². The molecule has 0 aromatic carbocycles. The topological polar surface area (TPSA) is 24.9 Å². The van der Waals surface area contributed by atoms with Gasteiger partial charge in [-0.15, -0.1) is 0 Å². The summed E-state index contributed by atoms with van der Waals surface area (Å²) in [5, 5.41) is 3.59. The van der Waals surface area contributed by atoms with E-state index >= 15 is 0 Å². The zero-order valence-corrected chi connectivity index (χ0v) is 11.3. The van der Waals surface area contributed by atoms with Crippen LogP contribution >= 0.6 is 15.9 Å². The Kier molecular flexibility index (Phi) is 4.36. The van der Waals surface area contributed by atoms with E-state index in [0.29, 0.717) is 6.04 Å². The highest BCUT2D eigenvalue weighted by Gasteiger charge is 2.30. The van der Waals surface area contributed by atoms with Gasteiger partial charge >= 0.3 is 0 Å². The van der Waals surface area contributed by atoms with Crippen molar-refractivity contribution in [3.05, 3.63) is 28.5 Å². The SMILES string of the molecule is CCNC(CCc1ccc(Br)cn1)C1CC1. The van der Waals surface area contributed by atoms with Gasteiger partial charge in [-0.1, -0.05) is 6.92 Å². The Labute approximate surface area is 106 Å². The van der Waals surface area contributed by atoms with Crippen molar-refractivity contribution in [3.63, 3.8) is 0 Å². The Morgan fingerprint density at radius 2 is 2.31 bits per heavy atom. The molecule has 1 aromatic rings. The summed E-state index contributed by atoms with van der Waals surface area (Å²) in [6.45, 7) is 3.27. The van der Waals surface area contributed by atoms with E-state index in [1.807, 2.05) is 6.20 Å². The van der Waals surface area contributed by atoms with Crippen molar-refractivity contribution in [2.75, 3.05) is 6.54 Å². The van der Waals surface area contributed by atoms with Crippen LogP contribution in [0.4, 0.5) is 0 Å². The molecule has 1 aliphatic carbocycles. The molecule has 0 saturated heterocycles. The number of aryl methyl sites for hydroxylation is 1. The fraction of sp³-hybridized carbons (Fsp3) is 0.615. The Bertz CT molecular complexity index is 319. The largest absolute Gasteiger partial charge is 0.314 e. The number of halogens is 1. The molecule has 2 nitrogen and oxygen atoms in total. The van der Waals surface area contributed by atoms with Gasteiger partial charge in [0.15, 0.2) is 0 Å². The molecule has 1 heterocycles. The lowest BCUT2D eigenvalue weighted by Gasteiger charge is -2.16. The monoisotopic (exact) mass is 282 g/mol. The number of aromatic nitrogens is 1. The zero-order valence-electron chi connectivity index (χ0n) is 9.75. The Morgan fingerprint density at radius 3 is 2.88 bits per heavy atom. The lowest BCUT2D eigenvalue weighted by molar-refractivity contribution is 0.444. The van der Waals surface area contributed by atoms with Crippen molar-refractivity contribution in [1.29, 1.82) is 0 Å². The van der Waals surface area contributed by atoms with E-state index in [9.17, 15) is 0 Å². The van der Waals surface area contributed by atoms with E-state index in [0.717, 1.165) is 23.4 Å². The third kappa shape index (κ3) is 3.56. The normalized spacial score (nSPS) is 17.4. The molecule has 0 spiro atoms. The van der Waals surface area contributed by atoms with Gasteiger partial charge in [-0.3, -0.25) is 4.98 Å². The minimum atomic E-state index is 0.704. The second-order valence-corrected chi connectivity index (χ2v) is 5.42. The van der Waals surface area contributed by atoms with E-state index in [-0.39, 0.29) is 0 Å². The molecular weight excluding hydrogens is 264 g/mol. The van der Waals surface area contributed by atoms with Crippen molar-refractivity contribution in [3.8, 4) is 0 Å². The van der Waals surface area contributed by atoms with Gasteiger partial charge in [0, 0.05) is 22.4 Å². The quantitative estimate of drug-likeness (QED) is 0.867. The molecule has 0 amide bonds. The molecular formula is C13H19BrN2. The molecule has 88 valence electrons. The number of pyridine rings is 1. The van der Waals surface area contributed by atoms with E-state index in [2.05, 4.69) is 45.3 Å². The third-order valence-corrected chi connectivity index (χ3v) is 3.63. The summed E-state index contributed by atoms with van der Waals surface area (Å²) in [6.07, 6.45) is 7.00. The maximum atomic E-state index is 4.42. The summed E-state index contributed by atoms with van der Waals surface area (Å²) >= 11 is 3.41. The summed E-state index contributed by atoms with van der Waals surface area (Å²) in [5.74, 6) is 0.926. The van der Waals surface area contributed by atoms with E-state index in [1.54, 1.807) is 0 Å². The second-order valence-electron chi connectivity index (χ2n) is 4.51. The summed E-state index contributed by atoms with van der Waals surface area (Å²) in [7, 11) is 0. The molecule has 0 aliphatic heterocycles. The molecule has 0 bridgehead atoms. The average Bonchev–Trinajstić information content (AvgIpc) is 3.10. The lowest BCUT2D eigenvalue weighted by atomic mass is 10.0. The van der Waals surface area contributed by atoms with Gasteiger partial charge in [0.1, 0.15) is 0 Å². The van der Waals surface area contributed by atoms with Crippen molar-refractivity contribution < 1.29 is 0 Å². The standard InChI is InChI=1S/C13H19BrN2/c1-2-15-13(10-3-4-10)8-7-12-6-5-11(14)9-16-12/h5-6,9-10,13,15H,2-4,7-8H2,1H3. The summed E-state index contributed by atoms with van der Waals surface area (Å²) < 4.78 is 1.06. The van der Waals surface area contributed by atoms with Crippen LogP contribution in [0, 0.1) is 5.92 Å². The lowest BCUT2D eigenvalue weighted by Crippen LogP contribution is -2.31. The highest BCUT2D eigenvalue weighted by Crippen LogP contribution is 2.34. The smallest absolute Gasteiger partial charge is 0.0413 e. The fourth-order valence-electron chi connectivity index (χ4n) is 2.12. The van der Waals surface area contributed by atoms with Crippen LogP contribution in [0.1, 0.15) is 31.9 Å². The van der Waals surface area contributed by atoms with Gasteiger partial charge in [-0.05, 0) is 66.2 Å². The summed E-state index contributed by atoms with van der Waals surface area (Å²) in [5.41, 5.74) is 1.20. The zero-order chi connectivity index (χ0) is 11.4. The third-order valence-electron chi connectivity index (χ3n) is 3.16. The van der Waals surface area contributed by atoms with Crippen LogP contribution in [0.3, 0.4) is 0 Å². The fourth-order valence-corrected chi connectivity index (χ4v) is 2.36. The number of hydrogen-bond acceptors (Lipinski definition) is 2. The van der Waals surface area contributed by atoms with Crippen LogP contribution in [0.2, 0.25) is 0 Å². The molecule has 1 atom stereocenters. The van der Waals surface area contributed by atoms with Crippen molar-refractivity contribution in [1.82, 2.24) is 10.3 Å². The van der Waals surface area contributed by atoms with Gasteiger partial charge in [0.25, 0.3) is 0 Å². The van der Waals surface area contributed by atoms with Crippen molar-refractivity contribution in [2.24, 2.45) is 5.92 Å². The number of rotatable bonds is 6. The molecule has 1 aliphatic rings. The van der Waals surface area contributed by atoms with Crippen molar-refractivity contribution >= 4 is 15.9 Å². The first-order chi connectivity index (χ1) is 7.79. The molecule has 3 heteroatoms. The molecule has 1 fully saturated rings. The molecule has 1 unspecified atom stereocenters. The first-order valence-corrected chi connectivity index (χ1v) is 6.92. The molecule has 1 N–H and O–H groups in total. The molecule has 1 saturated carbocycles. The van der Waals surface area contributed by atoms with E-state index in [1.165, 1.54) is 25.0 Å². The van der Waals surface area contributed by atoms with Crippen LogP contribution in [-0.2, 0) is 6.42 Å². The number of nitrogens with zero attached hydrogens (tertiary/aromatic N) is 1. The minimum Gasteiger partial charge on any atom is -0.314 e. The van der Waals surface area contributed by atoms with Gasteiger partial charge in [0.2, 0.25) is 0 Å².